The van der Waals surface area contributed by atoms with E-state index >= 15 is 0 Å². The van der Waals surface area contributed by atoms with Crippen LogP contribution in [0.2, 0.25) is 0 Å². The highest BCUT2D eigenvalue weighted by Crippen LogP contribution is 2.49. The molecule has 11 aromatic carbocycles. The number of aryl methyl sites for hydroxylation is 4. The Balaban J connectivity index is 1.11. The lowest BCUT2D eigenvalue weighted by Gasteiger charge is -2.27. The first kappa shape index (κ1) is 49.5. The lowest BCUT2D eigenvalue weighted by molar-refractivity contribution is 0.961. The van der Waals surface area contributed by atoms with E-state index in [1.807, 2.05) is 24.3 Å². The minimum Gasteiger partial charge on any atom is -0.305 e. The third-order valence-corrected chi connectivity index (χ3v) is 17.6. The summed E-state index contributed by atoms with van der Waals surface area (Å²) < 4.78 is 9.94. The average Bonchev–Trinajstić information content (AvgIpc) is 2.01. The van der Waals surface area contributed by atoms with Crippen LogP contribution in [0.15, 0.2) is 261 Å². The van der Waals surface area contributed by atoms with Crippen molar-refractivity contribution in [2.45, 2.75) is 27.7 Å². The zero-order chi connectivity index (χ0) is 57.3. The normalized spacial score (nSPS) is 12.0. The van der Waals surface area contributed by atoms with Crippen molar-refractivity contribution in [3.8, 4) is 68.0 Å². The Hall–Kier alpha value is -11.2. The monoisotopic (exact) mass is 1100 g/mol. The van der Waals surface area contributed by atoms with Gasteiger partial charge in [0.05, 0.1) is 55.5 Å². The Kier molecular flexibility index (Phi) is 11.0. The predicted octanol–water partition coefficient (Wildman–Crippen LogP) is 20.2. The Labute approximate surface area is 496 Å². The van der Waals surface area contributed by atoms with Gasteiger partial charge in [-0.25, -0.2) is 15.0 Å². The molecule has 0 atom stereocenters. The summed E-state index contributed by atoms with van der Waals surface area (Å²) in [6.07, 6.45) is 0. The largest absolute Gasteiger partial charge is 0.305 e. The lowest BCUT2D eigenvalue weighted by atomic mass is 9.98. The molecule has 0 amide bonds. The molecule has 0 bridgehead atoms. The number of nitrogens with zero attached hydrogens (tertiary/aromatic N) is 7. The molecule has 7 nitrogen and oxygen atoms in total. The first-order valence-electron chi connectivity index (χ1n) is 29.5. The van der Waals surface area contributed by atoms with E-state index in [9.17, 15) is 0 Å². The fraction of sp³-hybridized carbons (Fsp3) is 0.0506. The van der Waals surface area contributed by atoms with E-state index in [2.05, 4.69) is 283 Å². The van der Waals surface area contributed by atoms with Crippen LogP contribution in [-0.4, -0.2) is 33.2 Å². The molecule has 0 fully saturated rings. The van der Waals surface area contributed by atoms with Gasteiger partial charge in [-0.3, -0.25) is 9.13 Å². The van der Waals surface area contributed by atoms with Crippen LogP contribution in [0, 0.1) is 27.7 Å². The Morgan fingerprint density at radius 2 is 0.535 bits per heavy atom. The summed E-state index contributed by atoms with van der Waals surface area (Å²) in [6, 6.07) is 95.0. The third-order valence-electron chi connectivity index (χ3n) is 17.6. The molecule has 0 spiro atoms. The Bertz CT molecular complexity index is 5340. The smallest absolute Gasteiger partial charge is 0.165 e. The molecule has 6 heterocycles. The van der Waals surface area contributed by atoms with E-state index in [1.165, 1.54) is 43.8 Å². The first-order valence-corrected chi connectivity index (χ1v) is 29.5. The van der Waals surface area contributed by atoms with Gasteiger partial charge in [0, 0.05) is 65.3 Å². The van der Waals surface area contributed by atoms with Gasteiger partial charge in [0.15, 0.2) is 17.5 Å². The van der Waals surface area contributed by atoms with Crippen LogP contribution < -0.4 is 0 Å². The van der Waals surface area contributed by atoms with Gasteiger partial charge in [-0.05, 0) is 112 Å². The number of hydrogen-bond donors (Lipinski definition) is 0. The van der Waals surface area contributed by atoms with E-state index in [4.69, 9.17) is 15.0 Å². The fourth-order valence-corrected chi connectivity index (χ4v) is 13.7. The SMILES string of the molecule is Cc1ccc2c(c1)c1cc(C)ccc1n2-c1nc(-n2c3ccccc3c3ccccc32)c(-n2c3ccc(C)cc3c3cc(C)ccc32)c(-c2ccc(-c3cc(-c4ccccc4)nc(-c4ccccc4)n3)cc2)c1-n1c2ccccc2c2ccccc21. The first-order chi connectivity index (χ1) is 42.3. The van der Waals surface area contributed by atoms with Crippen LogP contribution in [0.5, 0.6) is 0 Å². The molecule has 6 aromatic heterocycles. The average molecular weight is 1100 g/mol. The predicted molar refractivity (Wildman–Crippen MR) is 358 cm³/mol. The van der Waals surface area contributed by atoms with E-state index in [1.54, 1.807) is 0 Å². The Morgan fingerprint density at radius 3 is 0.930 bits per heavy atom. The molecular formula is C79H55N7. The maximum absolute atomic E-state index is 6.47. The molecule has 0 aliphatic heterocycles. The second-order valence-corrected chi connectivity index (χ2v) is 23.1. The zero-order valence-corrected chi connectivity index (χ0v) is 48.0. The summed E-state index contributed by atoms with van der Waals surface area (Å²) in [4.78, 5) is 17.0. The van der Waals surface area contributed by atoms with Crippen LogP contribution >= 0.6 is 0 Å². The van der Waals surface area contributed by atoms with Gasteiger partial charge < -0.3 is 9.13 Å². The number of aromatic nitrogens is 7. The van der Waals surface area contributed by atoms with Crippen molar-refractivity contribution < 1.29 is 0 Å². The number of pyridine rings is 1. The van der Waals surface area contributed by atoms with Gasteiger partial charge in [0.2, 0.25) is 0 Å². The molecule has 0 saturated carbocycles. The number of rotatable bonds is 8. The molecule has 86 heavy (non-hydrogen) atoms. The van der Waals surface area contributed by atoms with Crippen LogP contribution in [0.3, 0.4) is 0 Å². The van der Waals surface area contributed by atoms with Crippen molar-refractivity contribution in [1.82, 2.24) is 33.2 Å². The highest BCUT2D eigenvalue weighted by Gasteiger charge is 2.33. The topological polar surface area (TPSA) is 58.4 Å². The van der Waals surface area contributed by atoms with Gasteiger partial charge in [0.1, 0.15) is 11.4 Å². The summed E-state index contributed by atoms with van der Waals surface area (Å²) in [6.45, 7) is 8.78. The number of benzene rings is 11. The van der Waals surface area contributed by atoms with Crippen LogP contribution in [0.25, 0.3) is 155 Å². The van der Waals surface area contributed by atoms with Crippen LogP contribution in [-0.2, 0) is 0 Å². The fourth-order valence-electron chi connectivity index (χ4n) is 13.7. The van der Waals surface area contributed by atoms with E-state index in [-0.39, 0.29) is 0 Å². The Morgan fingerprint density at radius 1 is 0.233 bits per heavy atom. The summed E-state index contributed by atoms with van der Waals surface area (Å²) in [5.41, 5.74) is 21.9. The summed E-state index contributed by atoms with van der Waals surface area (Å²) in [7, 11) is 0. The minimum atomic E-state index is 0.671. The summed E-state index contributed by atoms with van der Waals surface area (Å²) in [5, 5.41) is 9.34. The molecule has 0 radical (unpaired) electrons. The summed E-state index contributed by atoms with van der Waals surface area (Å²) >= 11 is 0. The molecule has 0 aliphatic rings. The lowest BCUT2D eigenvalue weighted by Crippen LogP contribution is -2.16. The molecule has 0 aliphatic carbocycles. The van der Waals surface area contributed by atoms with Crippen LogP contribution in [0.1, 0.15) is 22.3 Å². The molecule has 17 aromatic rings. The molecule has 0 saturated heterocycles. The van der Waals surface area contributed by atoms with Gasteiger partial charge in [-0.15, -0.1) is 0 Å². The third kappa shape index (κ3) is 7.57. The van der Waals surface area contributed by atoms with E-state index < -0.39 is 0 Å². The van der Waals surface area contributed by atoms with Crippen molar-refractivity contribution in [2.75, 3.05) is 0 Å². The van der Waals surface area contributed by atoms with Gasteiger partial charge >= 0.3 is 0 Å². The number of para-hydroxylation sites is 4. The van der Waals surface area contributed by atoms with Crippen molar-refractivity contribution in [3.63, 3.8) is 0 Å². The minimum absolute atomic E-state index is 0.671. The van der Waals surface area contributed by atoms with Gasteiger partial charge in [0.25, 0.3) is 0 Å². The quantitative estimate of drug-likeness (QED) is 0.152. The molecule has 7 heteroatoms. The maximum Gasteiger partial charge on any atom is 0.165 e. The van der Waals surface area contributed by atoms with Gasteiger partial charge in [-0.2, -0.15) is 0 Å². The summed E-state index contributed by atoms with van der Waals surface area (Å²) in [5.74, 6) is 2.27. The highest BCUT2D eigenvalue weighted by atomic mass is 15.2. The second-order valence-electron chi connectivity index (χ2n) is 23.1. The molecule has 406 valence electrons. The van der Waals surface area contributed by atoms with Crippen LogP contribution in [0.4, 0.5) is 0 Å². The van der Waals surface area contributed by atoms with Crippen molar-refractivity contribution in [2.24, 2.45) is 0 Å². The molecule has 0 unspecified atom stereocenters. The zero-order valence-electron chi connectivity index (χ0n) is 48.0. The van der Waals surface area contributed by atoms with Crippen molar-refractivity contribution >= 4 is 87.2 Å². The van der Waals surface area contributed by atoms with Crippen molar-refractivity contribution in [1.29, 1.82) is 0 Å². The standard InChI is InChI=1S/C79H55N7/c1-48-31-39-70-60(43-48)61-44-49(2)32-40-71(61)84(70)76-74(54-37-35-53(36-38-54)65-47-64(52-19-7-5-8-20-52)80-77(81-65)55-21-9-6-10-22-55)75(83-66-27-15-11-23-56(66)57-24-12-16-28-67(57)83)79(86-72-41-33-50(3)45-62(72)63-46-51(4)34-42-73(63)86)82-78(76)85-68-29-17-13-25-58(68)59-26-14-18-30-69(59)85/h5-47H,1-4H3. The maximum atomic E-state index is 6.47. The highest BCUT2D eigenvalue weighted by molar-refractivity contribution is 6.16. The van der Waals surface area contributed by atoms with Crippen molar-refractivity contribution in [3.05, 3.63) is 283 Å². The molecule has 0 N–H and O–H groups in total. The van der Waals surface area contributed by atoms with E-state index in [0.717, 1.165) is 128 Å². The number of hydrogen-bond acceptors (Lipinski definition) is 3. The van der Waals surface area contributed by atoms with E-state index in [0.29, 0.717) is 5.82 Å². The molecular weight excluding hydrogens is 1050 g/mol. The molecule has 17 rings (SSSR count). The number of fused-ring (bicyclic) bond motifs is 12. The second kappa shape index (κ2) is 19.2. The van der Waals surface area contributed by atoms with Gasteiger partial charge in [-0.1, -0.05) is 204 Å².